The summed E-state index contributed by atoms with van der Waals surface area (Å²) in [4.78, 5) is 25.8. The summed E-state index contributed by atoms with van der Waals surface area (Å²) in [5.74, 6) is -1.14. The minimum atomic E-state index is -0.566. The molecule has 2 heterocycles. The molecule has 0 amide bonds. The quantitative estimate of drug-likeness (QED) is 0.523. The number of hydrogen-bond acceptors (Lipinski definition) is 5. The number of rotatable bonds is 4. The molecular weight excluding hydrogens is 323 g/mol. The fourth-order valence-electron chi connectivity index (χ4n) is 1.97. The van der Waals surface area contributed by atoms with E-state index in [0.29, 0.717) is 15.1 Å². The first kappa shape index (κ1) is 14.9. The van der Waals surface area contributed by atoms with Crippen molar-refractivity contribution in [2.45, 2.75) is 6.92 Å². The van der Waals surface area contributed by atoms with E-state index in [4.69, 9.17) is 4.74 Å². The molecule has 0 spiro atoms. The van der Waals surface area contributed by atoms with Crippen molar-refractivity contribution >= 4 is 44.5 Å². The van der Waals surface area contributed by atoms with Gasteiger partial charge in [-0.2, -0.15) is 0 Å². The summed E-state index contributed by atoms with van der Waals surface area (Å²) in [7, 11) is 0. The Morgan fingerprint density at radius 3 is 2.64 bits per heavy atom. The minimum absolute atomic E-state index is 0.224. The summed E-state index contributed by atoms with van der Waals surface area (Å²) in [6, 6.07) is 9.47. The average Bonchev–Trinajstić information content (AvgIpc) is 3.10. The summed E-state index contributed by atoms with van der Waals surface area (Å²) in [5.41, 5.74) is 0. The molecule has 22 heavy (non-hydrogen) atoms. The van der Waals surface area contributed by atoms with E-state index in [-0.39, 0.29) is 18.2 Å². The van der Waals surface area contributed by atoms with Crippen molar-refractivity contribution in [3.8, 4) is 0 Å². The number of ketones is 1. The number of thiophene rings is 2. The maximum atomic E-state index is 13.1. The third-order valence-electron chi connectivity index (χ3n) is 3.03. The first-order valence-corrected chi connectivity index (χ1v) is 8.12. The lowest BCUT2D eigenvalue weighted by atomic mass is 10.2. The number of halogens is 1. The SMILES string of the molecule is Cc1ccc(C(=O)COC(=O)c2cc3cc(F)ccc3s2)s1. The highest BCUT2D eigenvalue weighted by Gasteiger charge is 2.15. The number of hydrogen-bond donors (Lipinski definition) is 0. The van der Waals surface area contributed by atoms with Crippen molar-refractivity contribution in [1.29, 1.82) is 0 Å². The molecule has 3 nitrogen and oxygen atoms in total. The molecule has 0 saturated heterocycles. The maximum absolute atomic E-state index is 13.1. The van der Waals surface area contributed by atoms with Crippen molar-refractivity contribution in [3.05, 3.63) is 56.8 Å². The number of benzene rings is 1. The van der Waals surface area contributed by atoms with Gasteiger partial charge in [-0.1, -0.05) is 0 Å². The Balaban J connectivity index is 1.69. The van der Waals surface area contributed by atoms with E-state index < -0.39 is 5.97 Å². The maximum Gasteiger partial charge on any atom is 0.348 e. The van der Waals surface area contributed by atoms with E-state index in [1.54, 1.807) is 18.2 Å². The van der Waals surface area contributed by atoms with Crippen LogP contribution in [-0.4, -0.2) is 18.4 Å². The van der Waals surface area contributed by atoms with Crippen LogP contribution >= 0.6 is 22.7 Å². The smallest absolute Gasteiger partial charge is 0.348 e. The van der Waals surface area contributed by atoms with Crippen molar-refractivity contribution in [3.63, 3.8) is 0 Å². The van der Waals surface area contributed by atoms with Crippen molar-refractivity contribution < 1.29 is 18.7 Å². The zero-order chi connectivity index (χ0) is 15.7. The molecule has 6 heteroatoms. The zero-order valence-electron chi connectivity index (χ0n) is 11.6. The summed E-state index contributed by atoms with van der Waals surface area (Å²) in [5, 5.41) is 0.650. The monoisotopic (exact) mass is 334 g/mol. The van der Waals surface area contributed by atoms with Gasteiger partial charge in [0.2, 0.25) is 5.78 Å². The third-order valence-corrected chi connectivity index (χ3v) is 5.17. The molecule has 0 atom stereocenters. The Hall–Kier alpha value is -2.05. The number of ether oxygens (including phenoxy) is 1. The van der Waals surface area contributed by atoms with E-state index in [1.807, 2.05) is 13.0 Å². The second-order valence-electron chi connectivity index (χ2n) is 4.70. The summed E-state index contributed by atoms with van der Waals surface area (Å²) < 4.78 is 19.0. The van der Waals surface area contributed by atoms with Gasteiger partial charge in [-0.3, -0.25) is 4.79 Å². The molecule has 2 aromatic heterocycles. The minimum Gasteiger partial charge on any atom is -0.453 e. The fraction of sp³-hybridized carbons (Fsp3) is 0.125. The van der Waals surface area contributed by atoms with Gasteiger partial charge >= 0.3 is 5.97 Å². The van der Waals surface area contributed by atoms with Crippen LogP contribution in [0.5, 0.6) is 0 Å². The van der Waals surface area contributed by atoms with Gasteiger partial charge in [-0.25, -0.2) is 9.18 Å². The van der Waals surface area contributed by atoms with Crippen LogP contribution in [-0.2, 0) is 4.74 Å². The van der Waals surface area contributed by atoms with Gasteiger partial charge in [0.1, 0.15) is 10.7 Å². The second kappa shape index (κ2) is 5.98. The van der Waals surface area contributed by atoms with Crippen LogP contribution < -0.4 is 0 Å². The van der Waals surface area contributed by atoms with Crippen LogP contribution in [0.15, 0.2) is 36.4 Å². The molecule has 0 fully saturated rings. The van der Waals surface area contributed by atoms with E-state index in [0.717, 1.165) is 9.58 Å². The molecule has 0 unspecified atom stereocenters. The largest absolute Gasteiger partial charge is 0.453 e. The molecular formula is C16H11FO3S2. The summed E-state index contributed by atoms with van der Waals surface area (Å²) in [6.45, 7) is 1.62. The zero-order valence-corrected chi connectivity index (χ0v) is 13.2. The summed E-state index contributed by atoms with van der Waals surface area (Å²) in [6.07, 6.45) is 0. The van der Waals surface area contributed by atoms with Gasteiger partial charge in [0.25, 0.3) is 0 Å². The summed E-state index contributed by atoms with van der Waals surface area (Å²) >= 11 is 2.58. The number of aryl methyl sites for hydroxylation is 1. The lowest BCUT2D eigenvalue weighted by molar-refractivity contribution is 0.0481. The topological polar surface area (TPSA) is 43.4 Å². The number of Topliss-reactive ketones (excluding diaryl/α,β-unsaturated/α-hetero) is 1. The van der Waals surface area contributed by atoms with Crippen molar-refractivity contribution in [2.24, 2.45) is 0 Å². The second-order valence-corrected chi connectivity index (χ2v) is 7.07. The lowest BCUT2D eigenvalue weighted by Crippen LogP contribution is -2.12. The van der Waals surface area contributed by atoms with E-state index >= 15 is 0 Å². The van der Waals surface area contributed by atoms with Crippen LogP contribution in [0.1, 0.15) is 24.2 Å². The van der Waals surface area contributed by atoms with Crippen LogP contribution in [0, 0.1) is 12.7 Å². The standard InChI is InChI=1S/C16H11FO3S2/c1-9-2-4-14(21-9)12(18)8-20-16(19)15-7-10-6-11(17)3-5-13(10)22-15/h2-7H,8H2,1H3. The van der Waals surface area contributed by atoms with Crippen molar-refractivity contribution in [2.75, 3.05) is 6.61 Å². The highest BCUT2D eigenvalue weighted by molar-refractivity contribution is 7.20. The molecule has 0 radical (unpaired) electrons. The van der Waals surface area contributed by atoms with Gasteiger partial charge < -0.3 is 4.74 Å². The first-order chi connectivity index (χ1) is 10.5. The molecule has 3 rings (SSSR count). The van der Waals surface area contributed by atoms with Gasteiger partial charge in [0.05, 0.1) is 4.88 Å². The average molecular weight is 334 g/mol. The van der Waals surface area contributed by atoms with E-state index in [9.17, 15) is 14.0 Å². The molecule has 0 saturated carbocycles. The molecule has 0 aliphatic carbocycles. The van der Waals surface area contributed by atoms with Gasteiger partial charge in [-0.05, 0) is 48.7 Å². The molecule has 0 aliphatic rings. The molecule has 0 aliphatic heterocycles. The normalized spacial score (nSPS) is 10.8. The van der Waals surface area contributed by atoms with Crippen LogP contribution in [0.25, 0.3) is 10.1 Å². The van der Waals surface area contributed by atoms with E-state index in [1.165, 1.54) is 34.8 Å². The predicted molar refractivity (Wildman–Crippen MR) is 85.5 cm³/mol. The molecule has 0 N–H and O–H groups in total. The van der Waals surface area contributed by atoms with Gasteiger partial charge in [0.15, 0.2) is 6.61 Å². The highest BCUT2D eigenvalue weighted by atomic mass is 32.1. The third kappa shape index (κ3) is 3.08. The number of fused-ring (bicyclic) bond motifs is 1. The van der Waals surface area contributed by atoms with Crippen LogP contribution in [0.4, 0.5) is 4.39 Å². The Morgan fingerprint density at radius 2 is 1.91 bits per heavy atom. The number of esters is 1. The molecule has 1 aromatic carbocycles. The number of carbonyl (C=O) groups excluding carboxylic acids is 2. The Bertz CT molecular complexity index is 863. The van der Waals surface area contributed by atoms with Crippen LogP contribution in [0.3, 0.4) is 0 Å². The predicted octanol–water partition coefficient (Wildman–Crippen LogP) is 4.45. The first-order valence-electron chi connectivity index (χ1n) is 6.49. The van der Waals surface area contributed by atoms with Gasteiger partial charge in [0, 0.05) is 9.58 Å². The molecule has 112 valence electrons. The van der Waals surface area contributed by atoms with Crippen molar-refractivity contribution in [1.82, 2.24) is 0 Å². The Kier molecular flexibility index (Phi) is 4.04. The molecule has 0 bridgehead atoms. The molecule has 3 aromatic rings. The Labute approximate surface area is 134 Å². The fourth-order valence-corrected chi connectivity index (χ4v) is 3.70. The lowest BCUT2D eigenvalue weighted by Gasteiger charge is -2.00. The number of carbonyl (C=O) groups is 2. The van der Waals surface area contributed by atoms with E-state index in [2.05, 4.69) is 0 Å². The van der Waals surface area contributed by atoms with Crippen LogP contribution in [0.2, 0.25) is 0 Å². The van der Waals surface area contributed by atoms with Gasteiger partial charge in [-0.15, -0.1) is 22.7 Å². The highest BCUT2D eigenvalue weighted by Crippen LogP contribution is 2.27. The Morgan fingerprint density at radius 1 is 1.09 bits per heavy atom.